The molecule has 2 aliphatic heterocycles. The third-order valence-electron chi connectivity index (χ3n) is 4.96. The molecule has 2 fully saturated rings. The molecule has 0 aromatic heterocycles. The first kappa shape index (κ1) is 17.5. The van der Waals surface area contributed by atoms with Crippen molar-refractivity contribution in [2.24, 2.45) is 11.7 Å². The van der Waals surface area contributed by atoms with E-state index in [0.717, 1.165) is 25.8 Å². The molecule has 2 N–H and O–H groups in total. The molecule has 1 aromatic rings. The van der Waals surface area contributed by atoms with Crippen molar-refractivity contribution in [2.75, 3.05) is 26.2 Å². The fourth-order valence-corrected chi connectivity index (χ4v) is 4.11. The van der Waals surface area contributed by atoms with Gasteiger partial charge in [0.15, 0.2) is 0 Å². The molecule has 2 heterocycles. The van der Waals surface area contributed by atoms with Crippen molar-refractivity contribution in [3.63, 3.8) is 0 Å². The standard InChI is InChI=1S/C17H21Cl2N3O2/c18-13-5-4-11(7-14(13)19)17(24)22-8-12-3-1-2-6-21(10-16(20)23)15(12)9-22/h4-5,7,12,15H,1-3,6,8-10H2,(H2,20,23)/t12-,15+/m0/s1. The van der Waals surface area contributed by atoms with Gasteiger partial charge in [0.2, 0.25) is 5.91 Å². The van der Waals surface area contributed by atoms with Crippen LogP contribution >= 0.6 is 23.2 Å². The van der Waals surface area contributed by atoms with Crippen LogP contribution in [0.2, 0.25) is 10.0 Å². The van der Waals surface area contributed by atoms with Gasteiger partial charge in [0, 0.05) is 24.7 Å². The fraction of sp³-hybridized carbons (Fsp3) is 0.529. The lowest BCUT2D eigenvalue weighted by Gasteiger charge is -2.28. The van der Waals surface area contributed by atoms with E-state index in [4.69, 9.17) is 28.9 Å². The van der Waals surface area contributed by atoms with Gasteiger partial charge >= 0.3 is 0 Å². The number of rotatable bonds is 3. The van der Waals surface area contributed by atoms with E-state index >= 15 is 0 Å². The molecule has 0 bridgehead atoms. The molecule has 24 heavy (non-hydrogen) atoms. The monoisotopic (exact) mass is 369 g/mol. The van der Waals surface area contributed by atoms with Crippen LogP contribution in [0.5, 0.6) is 0 Å². The quantitative estimate of drug-likeness (QED) is 0.889. The van der Waals surface area contributed by atoms with Crippen LogP contribution in [0.25, 0.3) is 0 Å². The Morgan fingerprint density at radius 3 is 2.67 bits per heavy atom. The largest absolute Gasteiger partial charge is 0.369 e. The number of likely N-dealkylation sites (tertiary alicyclic amines) is 2. The van der Waals surface area contributed by atoms with Crippen LogP contribution in [0.3, 0.4) is 0 Å². The van der Waals surface area contributed by atoms with E-state index in [9.17, 15) is 9.59 Å². The van der Waals surface area contributed by atoms with E-state index in [1.807, 2.05) is 4.90 Å². The summed E-state index contributed by atoms with van der Waals surface area (Å²) in [5.74, 6) is 0.0316. The summed E-state index contributed by atoms with van der Waals surface area (Å²) in [5, 5.41) is 0.818. The maximum atomic E-state index is 12.8. The van der Waals surface area contributed by atoms with E-state index in [2.05, 4.69) is 4.90 Å². The van der Waals surface area contributed by atoms with Crippen LogP contribution in [-0.2, 0) is 4.79 Å². The van der Waals surface area contributed by atoms with Gasteiger partial charge in [-0.3, -0.25) is 14.5 Å². The van der Waals surface area contributed by atoms with Gasteiger partial charge < -0.3 is 10.6 Å². The van der Waals surface area contributed by atoms with Gasteiger partial charge in [-0.2, -0.15) is 0 Å². The summed E-state index contributed by atoms with van der Waals surface area (Å²) in [6.45, 7) is 2.45. The summed E-state index contributed by atoms with van der Waals surface area (Å²) < 4.78 is 0. The number of amides is 2. The third kappa shape index (κ3) is 3.68. The number of carbonyl (C=O) groups excluding carboxylic acids is 2. The van der Waals surface area contributed by atoms with Crippen molar-refractivity contribution in [3.8, 4) is 0 Å². The van der Waals surface area contributed by atoms with Crippen LogP contribution < -0.4 is 5.73 Å². The Morgan fingerprint density at radius 1 is 1.17 bits per heavy atom. The van der Waals surface area contributed by atoms with Gasteiger partial charge in [0.25, 0.3) is 5.91 Å². The lowest BCUT2D eigenvalue weighted by molar-refractivity contribution is -0.119. The Labute approximate surface area is 151 Å². The number of primary amides is 1. The number of hydrogen-bond acceptors (Lipinski definition) is 3. The number of nitrogens with two attached hydrogens (primary N) is 1. The minimum absolute atomic E-state index is 0.0411. The number of carbonyl (C=O) groups is 2. The lowest BCUT2D eigenvalue weighted by Crippen LogP contribution is -2.45. The SMILES string of the molecule is NC(=O)CN1CCCC[C@H]2CN(C(=O)c3ccc(Cl)c(Cl)c3)C[C@H]21. The van der Waals surface area contributed by atoms with Crippen molar-refractivity contribution < 1.29 is 9.59 Å². The molecule has 3 rings (SSSR count). The predicted molar refractivity (Wildman–Crippen MR) is 94.3 cm³/mol. The number of hydrogen-bond donors (Lipinski definition) is 1. The van der Waals surface area contributed by atoms with Crippen molar-refractivity contribution in [2.45, 2.75) is 25.3 Å². The highest BCUT2D eigenvalue weighted by atomic mass is 35.5. The molecular formula is C17H21Cl2N3O2. The molecule has 0 saturated carbocycles. The Kier molecular flexibility index (Phi) is 5.33. The van der Waals surface area contributed by atoms with Gasteiger partial charge in [0.1, 0.15) is 0 Å². The first-order valence-electron chi connectivity index (χ1n) is 8.22. The highest BCUT2D eigenvalue weighted by Gasteiger charge is 2.40. The van der Waals surface area contributed by atoms with Crippen LogP contribution in [0.1, 0.15) is 29.6 Å². The van der Waals surface area contributed by atoms with Crippen LogP contribution in [0.15, 0.2) is 18.2 Å². The number of benzene rings is 1. The molecule has 2 amide bonds. The van der Waals surface area contributed by atoms with Crippen molar-refractivity contribution in [1.82, 2.24) is 9.80 Å². The molecular weight excluding hydrogens is 349 g/mol. The molecule has 0 spiro atoms. The minimum Gasteiger partial charge on any atom is -0.369 e. The van der Waals surface area contributed by atoms with Crippen LogP contribution in [0.4, 0.5) is 0 Å². The molecule has 2 saturated heterocycles. The third-order valence-corrected chi connectivity index (χ3v) is 5.70. The second-order valence-corrected chi connectivity index (χ2v) is 7.41. The van der Waals surface area contributed by atoms with E-state index < -0.39 is 0 Å². The summed E-state index contributed by atoms with van der Waals surface area (Å²) in [6, 6.07) is 5.16. The predicted octanol–water partition coefficient (Wildman–Crippen LogP) is 2.41. The number of halogens is 2. The zero-order valence-corrected chi connectivity index (χ0v) is 14.9. The van der Waals surface area contributed by atoms with Crippen LogP contribution in [-0.4, -0.2) is 53.8 Å². The summed E-state index contributed by atoms with van der Waals surface area (Å²) in [7, 11) is 0. The molecule has 5 nitrogen and oxygen atoms in total. The van der Waals surface area contributed by atoms with Crippen LogP contribution in [0, 0.1) is 5.92 Å². The first-order chi connectivity index (χ1) is 11.5. The second kappa shape index (κ2) is 7.30. The average Bonchev–Trinajstić information content (AvgIpc) is 2.88. The van der Waals surface area contributed by atoms with Gasteiger partial charge in [-0.1, -0.05) is 29.6 Å². The minimum atomic E-state index is -0.315. The molecule has 0 aliphatic carbocycles. The van der Waals surface area contributed by atoms with Gasteiger partial charge in [0.05, 0.1) is 16.6 Å². The molecule has 130 valence electrons. The van der Waals surface area contributed by atoms with E-state index in [-0.39, 0.29) is 24.4 Å². The Morgan fingerprint density at radius 2 is 1.96 bits per heavy atom. The number of nitrogens with zero attached hydrogens (tertiary/aromatic N) is 2. The maximum Gasteiger partial charge on any atom is 0.253 e. The Balaban J connectivity index is 1.75. The molecule has 2 atom stereocenters. The Hall–Kier alpha value is -1.30. The fourth-order valence-electron chi connectivity index (χ4n) is 3.81. The van der Waals surface area contributed by atoms with E-state index in [1.54, 1.807) is 18.2 Å². The summed E-state index contributed by atoms with van der Waals surface area (Å²) in [6.07, 6.45) is 3.26. The summed E-state index contributed by atoms with van der Waals surface area (Å²) >= 11 is 11.9. The van der Waals surface area contributed by atoms with E-state index in [0.29, 0.717) is 34.6 Å². The Bertz CT molecular complexity index is 653. The highest BCUT2D eigenvalue weighted by Crippen LogP contribution is 2.31. The summed E-state index contributed by atoms with van der Waals surface area (Å²) in [5.41, 5.74) is 5.93. The molecule has 2 aliphatic rings. The first-order valence-corrected chi connectivity index (χ1v) is 8.98. The maximum absolute atomic E-state index is 12.8. The molecule has 7 heteroatoms. The molecule has 0 unspecified atom stereocenters. The number of fused-ring (bicyclic) bond motifs is 1. The van der Waals surface area contributed by atoms with E-state index in [1.165, 1.54) is 0 Å². The van der Waals surface area contributed by atoms with Crippen molar-refractivity contribution in [1.29, 1.82) is 0 Å². The molecule has 0 radical (unpaired) electrons. The topological polar surface area (TPSA) is 66.6 Å². The van der Waals surface area contributed by atoms with Gasteiger partial charge in [-0.25, -0.2) is 0 Å². The zero-order chi connectivity index (χ0) is 17.3. The lowest BCUT2D eigenvalue weighted by atomic mass is 9.98. The second-order valence-electron chi connectivity index (χ2n) is 6.60. The van der Waals surface area contributed by atoms with Gasteiger partial charge in [-0.05, 0) is 43.5 Å². The average molecular weight is 370 g/mol. The van der Waals surface area contributed by atoms with Gasteiger partial charge in [-0.15, -0.1) is 0 Å². The molecule has 1 aromatic carbocycles. The summed E-state index contributed by atoms with van der Waals surface area (Å²) in [4.78, 5) is 28.1. The highest BCUT2D eigenvalue weighted by molar-refractivity contribution is 6.42. The zero-order valence-electron chi connectivity index (χ0n) is 13.4. The smallest absolute Gasteiger partial charge is 0.253 e. The van der Waals surface area contributed by atoms with Crippen molar-refractivity contribution >= 4 is 35.0 Å². The van der Waals surface area contributed by atoms with Crippen molar-refractivity contribution in [3.05, 3.63) is 33.8 Å². The normalized spacial score (nSPS) is 24.5.